The number of amides is 1. The Morgan fingerprint density at radius 2 is 1.86 bits per heavy atom. The average molecular weight is 410 g/mol. The molecule has 0 aliphatic carbocycles. The minimum absolute atomic E-state index is 0.0283. The molecule has 0 atom stereocenters. The highest BCUT2D eigenvalue weighted by Gasteiger charge is 2.46. The van der Waals surface area contributed by atoms with E-state index in [0.717, 1.165) is 50.5 Å². The monoisotopic (exact) mass is 409 g/mol. The van der Waals surface area contributed by atoms with E-state index in [1.807, 2.05) is 18.2 Å². The van der Waals surface area contributed by atoms with E-state index < -0.39 is 0 Å². The summed E-state index contributed by atoms with van der Waals surface area (Å²) in [5, 5.41) is 7.29. The second-order valence-electron chi connectivity index (χ2n) is 7.86. The van der Waals surface area contributed by atoms with Crippen LogP contribution in [0.1, 0.15) is 18.4 Å². The van der Waals surface area contributed by atoms with Gasteiger partial charge in [-0.1, -0.05) is 35.9 Å². The molecule has 3 heterocycles. The molecule has 1 saturated heterocycles. The summed E-state index contributed by atoms with van der Waals surface area (Å²) in [6.45, 7) is 3.88. The second kappa shape index (κ2) is 7.35. The van der Waals surface area contributed by atoms with Crippen LogP contribution < -0.4 is 10.6 Å². The number of anilines is 2. The Balaban J connectivity index is 1.25. The molecule has 3 aliphatic heterocycles. The first-order chi connectivity index (χ1) is 14.1. The molecule has 5 rings (SSSR count). The number of para-hydroxylation sites is 2. The van der Waals surface area contributed by atoms with Gasteiger partial charge in [0.1, 0.15) is 11.5 Å². The summed E-state index contributed by atoms with van der Waals surface area (Å²) >= 11 is 6.15. The number of aliphatic imine (C=N–C) groups is 1. The molecule has 2 aromatic rings. The maximum absolute atomic E-state index is 12.5. The first-order valence-electron chi connectivity index (χ1n) is 10.1. The van der Waals surface area contributed by atoms with Crippen LogP contribution in [-0.4, -0.2) is 59.9 Å². The van der Waals surface area contributed by atoms with E-state index in [4.69, 9.17) is 16.6 Å². The number of halogens is 1. The smallest absolute Gasteiger partial charge is 0.238 e. The number of likely N-dealkylation sites (tertiary alicyclic amines) is 1. The highest BCUT2D eigenvalue weighted by atomic mass is 35.5. The molecule has 0 saturated carbocycles. The summed E-state index contributed by atoms with van der Waals surface area (Å²) in [6, 6.07) is 15.7. The molecule has 3 aliphatic rings. The van der Waals surface area contributed by atoms with Gasteiger partial charge in [-0.2, -0.15) is 0 Å². The predicted octanol–water partition coefficient (Wildman–Crippen LogP) is 3.26. The summed E-state index contributed by atoms with van der Waals surface area (Å²) in [5.74, 6) is 1.09. The molecule has 1 fully saturated rings. The van der Waals surface area contributed by atoms with Crippen LogP contribution in [0.25, 0.3) is 0 Å². The lowest BCUT2D eigenvalue weighted by Crippen LogP contribution is -2.63. The van der Waals surface area contributed by atoms with Crippen LogP contribution in [0.2, 0.25) is 5.02 Å². The Labute approximate surface area is 175 Å². The molecule has 1 amide bonds. The molecule has 2 N–H and O–H groups in total. The van der Waals surface area contributed by atoms with Crippen LogP contribution in [-0.2, 0) is 4.79 Å². The van der Waals surface area contributed by atoms with Crippen molar-refractivity contribution in [2.24, 2.45) is 4.99 Å². The second-order valence-corrected chi connectivity index (χ2v) is 8.27. The molecule has 0 radical (unpaired) electrons. The maximum Gasteiger partial charge on any atom is 0.238 e. The van der Waals surface area contributed by atoms with Crippen molar-refractivity contribution in [2.45, 2.75) is 18.5 Å². The number of nitrogens with zero attached hydrogens (tertiary/aromatic N) is 3. The number of benzene rings is 2. The number of carbonyl (C=O) groups is 1. The summed E-state index contributed by atoms with van der Waals surface area (Å²) in [7, 11) is 0. The zero-order valence-corrected chi connectivity index (χ0v) is 17.0. The Morgan fingerprint density at radius 3 is 2.69 bits per heavy atom. The van der Waals surface area contributed by atoms with Gasteiger partial charge in [-0.05, 0) is 24.3 Å². The quantitative estimate of drug-likeness (QED) is 0.816. The van der Waals surface area contributed by atoms with E-state index in [1.165, 1.54) is 5.56 Å². The van der Waals surface area contributed by atoms with Gasteiger partial charge in [-0.3, -0.25) is 14.7 Å². The van der Waals surface area contributed by atoms with Crippen molar-refractivity contribution in [2.75, 3.05) is 43.4 Å². The largest absolute Gasteiger partial charge is 0.362 e. The van der Waals surface area contributed by atoms with E-state index in [9.17, 15) is 4.79 Å². The first-order valence-corrected chi connectivity index (χ1v) is 10.5. The lowest BCUT2D eigenvalue weighted by Gasteiger charge is -2.52. The van der Waals surface area contributed by atoms with Crippen LogP contribution in [0.4, 0.5) is 11.4 Å². The van der Waals surface area contributed by atoms with E-state index >= 15 is 0 Å². The molecule has 2 aromatic carbocycles. The topological polar surface area (TPSA) is 60.0 Å². The highest BCUT2D eigenvalue weighted by molar-refractivity contribution is 6.33. The minimum atomic E-state index is -0.112. The number of hydrogen-bond acceptors (Lipinski definition) is 5. The number of piperidine rings is 1. The van der Waals surface area contributed by atoms with Gasteiger partial charge in [0.25, 0.3) is 0 Å². The van der Waals surface area contributed by atoms with Gasteiger partial charge in [0.15, 0.2) is 0 Å². The average Bonchev–Trinajstić information content (AvgIpc) is 3.23. The van der Waals surface area contributed by atoms with Crippen molar-refractivity contribution < 1.29 is 4.79 Å². The van der Waals surface area contributed by atoms with Crippen molar-refractivity contribution in [3.05, 3.63) is 59.1 Å². The zero-order valence-electron chi connectivity index (χ0n) is 16.2. The van der Waals surface area contributed by atoms with Crippen LogP contribution in [0, 0.1) is 0 Å². The fourth-order valence-electron chi connectivity index (χ4n) is 4.63. The third-order valence-corrected chi connectivity index (χ3v) is 6.42. The van der Waals surface area contributed by atoms with Gasteiger partial charge in [0.2, 0.25) is 5.91 Å². The van der Waals surface area contributed by atoms with Crippen LogP contribution >= 0.6 is 11.6 Å². The Morgan fingerprint density at radius 1 is 1.10 bits per heavy atom. The van der Waals surface area contributed by atoms with E-state index in [0.29, 0.717) is 17.3 Å². The van der Waals surface area contributed by atoms with Gasteiger partial charge in [0.05, 0.1) is 23.8 Å². The zero-order chi connectivity index (χ0) is 19.8. The lowest BCUT2D eigenvalue weighted by molar-refractivity contribution is -0.117. The van der Waals surface area contributed by atoms with Crippen molar-refractivity contribution in [3.63, 3.8) is 0 Å². The van der Waals surface area contributed by atoms with Gasteiger partial charge in [-0.15, -0.1) is 0 Å². The Bertz CT molecular complexity index is 967. The molecular formula is C22H24ClN5O. The number of fused-ring (bicyclic) bond motifs is 4. The van der Waals surface area contributed by atoms with Gasteiger partial charge in [0, 0.05) is 43.7 Å². The summed E-state index contributed by atoms with van der Waals surface area (Å²) in [6.07, 6.45) is 1.89. The summed E-state index contributed by atoms with van der Waals surface area (Å²) in [4.78, 5) is 21.9. The fourth-order valence-corrected chi connectivity index (χ4v) is 4.81. The summed E-state index contributed by atoms with van der Waals surface area (Å²) in [5.41, 5.74) is 2.90. The normalized spacial score (nSPS) is 19.9. The van der Waals surface area contributed by atoms with Gasteiger partial charge >= 0.3 is 0 Å². The molecule has 29 heavy (non-hydrogen) atoms. The number of rotatable bonds is 3. The molecule has 1 spiro atoms. The van der Waals surface area contributed by atoms with Crippen LogP contribution in [0.3, 0.4) is 0 Å². The van der Waals surface area contributed by atoms with Crippen molar-refractivity contribution >= 4 is 34.7 Å². The molecule has 0 bridgehead atoms. The Hall–Kier alpha value is -2.57. The molecule has 150 valence electrons. The molecular weight excluding hydrogens is 386 g/mol. The number of nitrogens with one attached hydrogen (secondary N) is 2. The van der Waals surface area contributed by atoms with Crippen molar-refractivity contribution in [1.29, 1.82) is 0 Å². The third kappa shape index (κ3) is 3.36. The van der Waals surface area contributed by atoms with Crippen LogP contribution in [0.15, 0.2) is 53.5 Å². The summed E-state index contributed by atoms with van der Waals surface area (Å²) < 4.78 is 0. The van der Waals surface area contributed by atoms with Gasteiger partial charge < -0.3 is 15.5 Å². The number of carbonyl (C=O) groups excluding carboxylic acids is 1. The lowest BCUT2D eigenvalue weighted by atomic mass is 9.90. The predicted molar refractivity (Wildman–Crippen MR) is 117 cm³/mol. The Kier molecular flexibility index (Phi) is 4.68. The molecule has 7 heteroatoms. The SMILES string of the molecule is O=C(CN1CCC2(CC1)Nc1ccccc1C1=NCCN12)Nc1ccccc1Cl. The molecule has 0 aromatic heterocycles. The standard InChI is InChI=1S/C22H24ClN5O/c23-17-6-2-4-8-19(17)25-20(29)15-27-12-9-22(10-13-27)26-18-7-3-1-5-16(18)21-24-11-14-28(21)22/h1-8,26H,9-15H2,(H,25,29). The first kappa shape index (κ1) is 18.5. The van der Waals surface area contributed by atoms with E-state index in [2.05, 4.69) is 44.7 Å². The molecule has 0 unspecified atom stereocenters. The highest BCUT2D eigenvalue weighted by Crippen LogP contribution is 2.39. The van der Waals surface area contributed by atoms with E-state index in [1.54, 1.807) is 6.07 Å². The van der Waals surface area contributed by atoms with Crippen molar-refractivity contribution in [3.8, 4) is 0 Å². The minimum Gasteiger partial charge on any atom is -0.362 e. The van der Waals surface area contributed by atoms with Gasteiger partial charge in [-0.25, -0.2) is 0 Å². The van der Waals surface area contributed by atoms with E-state index in [-0.39, 0.29) is 11.6 Å². The maximum atomic E-state index is 12.5. The van der Waals surface area contributed by atoms with Crippen molar-refractivity contribution in [1.82, 2.24) is 9.80 Å². The van der Waals surface area contributed by atoms with Crippen LogP contribution in [0.5, 0.6) is 0 Å². The fraction of sp³-hybridized carbons (Fsp3) is 0.364. The third-order valence-electron chi connectivity index (χ3n) is 6.09. The number of amidine groups is 1. The number of hydrogen-bond donors (Lipinski definition) is 2. The molecule has 6 nitrogen and oxygen atoms in total.